The van der Waals surface area contributed by atoms with E-state index in [1.807, 2.05) is 0 Å². The highest BCUT2D eigenvalue weighted by atomic mass is 35.5. The first kappa shape index (κ1) is 30.1. The molecule has 1 atom stereocenters. The number of benzene rings is 2. The van der Waals surface area contributed by atoms with Gasteiger partial charge in [-0.1, -0.05) is 17.3 Å². The van der Waals surface area contributed by atoms with Crippen molar-refractivity contribution in [2.75, 3.05) is 13.2 Å². The summed E-state index contributed by atoms with van der Waals surface area (Å²) >= 11 is 0. The number of aryl methyl sites for hydroxylation is 1. The SMILES string of the molecule is Cl.N=C(N)N1CCCC1c1nc(-c2ccc(OCCCCc3ccc(C(F)(F)F)cc3)c(C(F)(F)F)c2)no1. The third-order valence-corrected chi connectivity index (χ3v) is 6.23. The second-order valence-electron chi connectivity index (χ2n) is 8.90. The van der Waals surface area contributed by atoms with Crippen LogP contribution in [0.1, 0.15) is 54.3 Å². The molecule has 0 radical (unpaired) electrons. The van der Waals surface area contributed by atoms with Gasteiger partial charge >= 0.3 is 12.4 Å². The lowest BCUT2D eigenvalue weighted by Gasteiger charge is -2.21. The summed E-state index contributed by atoms with van der Waals surface area (Å²) < 4.78 is 90.0. The molecule has 0 amide bonds. The molecule has 3 N–H and O–H groups in total. The van der Waals surface area contributed by atoms with E-state index in [4.69, 9.17) is 20.4 Å². The Bertz CT molecular complexity index is 1260. The molecule has 7 nitrogen and oxygen atoms in total. The van der Waals surface area contributed by atoms with Crippen molar-refractivity contribution in [1.82, 2.24) is 15.0 Å². The van der Waals surface area contributed by atoms with Crippen molar-refractivity contribution < 1.29 is 35.6 Å². The van der Waals surface area contributed by atoms with Crippen LogP contribution in [0.5, 0.6) is 5.75 Å². The van der Waals surface area contributed by atoms with Gasteiger partial charge in [0.25, 0.3) is 0 Å². The molecule has 3 aromatic rings. The summed E-state index contributed by atoms with van der Waals surface area (Å²) in [4.78, 5) is 5.83. The zero-order valence-corrected chi connectivity index (χ0v) is 21.3. The number of nitrogens with two attached hydrogens (primary N) is 1. The zero-order valence-electron chi connectivity index (χ0n) is 20.5. The van der Waals surface area contributed by atoms with Crippen LogP contribution in [0.4, 0.5) is 26.3 Å². The molecule has 0 spiro atoms. The highest BCUT2D eigenvalue weighted by molar-refractivity contribution is 5.85. The number of alkyl halides is 6. The Morgan fingerprint density at radius 1 is 1.05 bits per heavy atom. The van der Waals surface area contributed by atoms with Crippen LogP contribution in [0, 0.1) is 5.41 Å². The van der Waals surface area contributed by atoms with Gasteiger partial charge in [0.2, 0.25) is 11.7 Å². The molecule has 0 aliphatic carbocycles. The summed E-state index contributed by atoms with van der Waals surface area (Å²) in [7, 11) is 0. The first-order chi connectivity index (χ1) is 17.9. The van der Waals surface area contributed by atoms with Gasteiger partial charge in [0.15, 0.2) is 5.96 Å². The van der Waals surface area contributed by atoms with Crippen LogP contribution in [0.3, 0.4) is 0 Å². The highest BCUT2D eigenvalue weighted by Gasteiger charge is 2.36. The Kier molecular flexibility index (Phi) is 9.36. The molecular formula is C25H26ClF6N5O2. The zero-order chi connectivity index (χ0) is 27.5. The number of unbranched alkanes of at least 4 members (excludes halogenated alkanes) is 1. The van der Waals surface area contributed by atoms with Crippen LogP contribution >= 0.6 is 12.4 Å². The summed E-state index contributed by atoms with van der Waals surface area (Å²) in [5, 5.41) is 11.5. The molecule has 1 unspecified atom stereocenters. The summed E-state index contributed by atoms with van der Waals surface area (Å²) in [5.74, 6) is -0.343. The summed E-state index contributed by atoms with van der Waals surface area (Å²) in [6, 6.07) is 7.87. The van der Waals surface area contributed by atoms with Crippen molar-refractivity contribution in [3.8, 4) is 17.1 Å². The molecule has 1 aliphatic rings. The van der Waals surface area contributed by atoms with Crippen LogP contribution in [0.25, 0.3) is 11.4 Å². The monoisotopic (exact) mass is 577 g/mol. The van der Waals surface area contributed by atoms with Gasteiger partial charge in [0, 0.05) is 12.1 Å². The number of hydrogen-bond acceptors (Lipinski definition) is 5. The first-order valence-corrected chi connectivity index (χ1v) is 11.9. The number of likely N-dealkylation sites (tertiary alicyclic amines) is 1. The van der Waals surface area contributed by atoms with E-state index in [-0.39, 0.29) is 48.0 Å². The van der Waals surface area contributed by atoms with Crippen molar-refractivity contribution in [1.29, 1.82) is 5.41 Å². The second-order valence-corrected chi connectivity index (χ2v) is 8.90. The van der Waals surface area contributed by atoms with Crippen molar-refractivity contribution in [3.63, 3.8) is 0 Å². The summed E-state index contributed by atoms with van der Waals surface area (Å²) in [6.07, 6.45) is -6.32. The Hall–Kier alpha value is -3.48. The molecular weight excluding hydrogens is 552 g/mol. The molecule has 1 saturated heterocycles. The maximum absolute atomic E-state index is 13.8. The van der Waals surface area contributed by atoms with Crippen LogP contribution in [-0.4, -0.2) is 34.2 Å². The fourth-order valence-corrected chi connectivity index (χ4v) is 4.29. The van der Waals surface area contributed by atoms with E-state index in [1.165, 1.54) is 24.3 Å². The lowest BCUT2D eigenvalue weighted by Crippen LogP contribution is -2.35. The predicted molar refractivity (Wildman–Crippen MR) is 132 cm³/mol. The number of ether oxygens (including phenoxy) is 1. The van der Waals surface area contributed by atoms with Crippen molar-refractivity contribution in [2.45, 2.75) is 50.5 Å². The summed E-state index contributed by atoms with van der Waals surface area (Å²) in [6.45, 7) is 0.546. The molecule has 1 fully saturated rings. The lowest BCUT2D eigenvalue weighted by molar-refractivity contribution is -0.139. The van der Waals surface area contributed by atoms with Gasteiger partial charge in [-0.2, -0.15) is 31.3 Å². The second kappa shape index (κ2) is 12.1. The van der Waals surface area contributed by atoms with Gasteiger partial charge in [-0.15, -0.1) is 12.4 Å². The standard InChI is InChI=1S/C25H25F6N5O2.ClH/c26-24(27,28)17-9-6-15(7-10-17)4-1-2-13-37-20-11-8-16(14-18(20)25(29,30)31)21-34-22(38-35-21)19-5-3-12-36(19)23(32)33;/h6-11,14,19H,1-5,12-13H2,(H3,32,33);1H. The normalized spacial score (nSPS) is 15.7. The van der Waals surface area contributed by atoms with E-state index in [0.717, 1.165) is 24.6 Å². The third kappa shape index (κ3) is 7.34. The average Bonchev–Trinajstić information content (AvgIpc) is 3.53. The van der Waals surface area contributed by atoms with Gasteiger partial charge in [0.05, 0.1) is 17.7 Å². The Labute approximate surface area is 226 Å². The number of rotatable bonds is 8. The quantitative estimate of drug-likeness (QED) is 0.135. The Balaban J connectivity index is 0.00000420. The van der Waals surface area contributed by atoms with Crippen molar-refractivity contribution >= 4 is 18.4 Å². The number of aromatic nitrogens is 2. The maximum atomic E-state index is 13.8. The van der Waals surface area contributed by atoms with E-state index >= 15 is 0 Å². The topological polar surface area (TPSA) is 101 Å². The molecule has 0 bridgehead atoms. The van der Waals surface area contributed by atoms with E-state index < -0.39 is 29.5 Å². The van der Waals surface area contributed by atoms with Crippen LogP contribution in [0.15, 0.2) is 47.0 Å². The van der Waals surface area contributed by atoms with Crippen molar-refractivity contribution in [2.24, 2.45) is 5.73 Å². The van der Waals surface area contributed by atoms with E-state index in [2.05, 4.69) is 10.1 Å². The Morgan fingerprint density at radius 3 is 2.41 bits per heavy atom. The molecule has 14 heteroatoms. The molecule has 1 aliphatic heterocycles. The predicted octanol–water partition coefficient (Wildman–Crippen LogP) is 6.63. The van der Waals surface area contributed by atoms with Gasteiger partial charge in [0.1, 0.15) is 11.8 Å². The highest BCUT2D eigenvalue weighted by Crippen LogP contribution is 2.39. The van der Waals surface area contributed by atoms with Crippen molar-refractivity contribution in [3.05, 3.63) is 65.0 Å². The molecule has 1 aromatic heterocycles. The van der Waals surface area contributed by atoms with Gasteiger partial charge < -0.3 is 19.9 Å². The largest absolute Gasteiger partial charge is 0.493 e. The number of guanidine groups is 1. The van der Waals surface area contributed by atoms with E-state index in [9.17, 15) is 26.3 Å². The number of nitrogens with zero attached hydrogens (tertiary/aromatic N) is 3. The van der Waals surface area contributed by atoms with Gasteiger partial charge in [-0.05, 0) is 68.0 Å². The molecule has 4 rings (SSSR count). The number of nitrogens with one attached hydrogen (secondary N) is 1. The van der Waals surface area contributed by atoms with Crippen LogP contribution < -0.4 is 10.5 Å². The lowest BCUT2D eigenvalue weighted by atomic mass is 10.1. The van der Waals surface area contributed by atoms with Gasteiger partial charge in [-0.25, -0.2) is 0 Å². The van der Waals surface area contributed by atoms with Crippen LogP contribution in [0.2, 0.25) is 0 Å². The molecule has 212 valence electrons. The number of halogens is 7. The number of hydrogen-bond donors (Lipinski definition) is 2. The molecule has 2 heterocycles. The van der Waals surface area contributed by atoms with E-state index in [0.29, 0.717) is 37.8 Å². The fourth-order valence-electron chi connectivity index (χ4n) is 4.29. The molecule has 39 heavy (non-hydrogen) atoms. The van der Waals surface area contributed by atoms with Gasteiger partial charge in [-0.3, -0.25) is 5.41 Å². The van der Waals surface area contributed by atoms with E-state index in [1.54, 1.807) is 4.90 Å². The minimum absolute atomic E-state index is 0. The third-order valence-electron chi connectivity index (χ3n) is 6.23. The average molecular weight is 578 g/mol. The molecule has 2 aromatic carbocycles. The van der Waals surface area contributed by atoms with Crippen LogP contribution in [-0.2, 0) is 18.8 Å². The maximum Gasteiger partial charge on any atom is 0.419 e. The minimum atomic E-state index is -4.70. The minimum Gasteiger partial charge on any atom is -0.493 e. The summed E-state index contributed by atoms with van der Waals surface area (Å²) in [5.41, 5.74) is 4.64. The molecule has 0 saturated carbocycles. The smallest absolute Gasteiger partial charge is 0.419 e. The fraction of sp³-hybridized carbons (Fsp3) is 0.400. The Morgan fingerprint density at radius 2 is 1.77 bits per heavy atom. The first-order valence-electron chi connectivity index (χ1n) is 11.9.